The summed E-state index contributed by atoms with van der Waals surface area (Å²) >= 11 is 1.54. The lowest BCUT2D eigenvalue weighted by Gasteiger charge is -2.29. The van der Waals surface area contributed by atoms with Crippen LogP contribution in [0.25, 0.3) is 0 Å². The van der Waals surface area contributed by atoms with Crippen molar-refractivity contribution in [2.24, 2.45) is 0 Å². The molecular weight excluding hydrogens is 456 g/mol. The first-order chi connectivity index (χ1) is 17.0. The van der Waals surface area contributed by atoms with Crippen molar-refractivity contribution in [3.05, 3.63) is 89.5 Å². The molecule has 0 fully saturated rings. The maximum atomic E-state index is 12.7. The van der Waals surface area contributed by atoms with Crippen molar-refractivity contribution in [1.82, 2.24) is 10.2 Å². The number of hydrogen-bond acceptors (Lipinski definition) is 4. The number of rotatable bonds is 9. The van der Waals surface area contributed by atoms with Gasteiger partial charge in [-0.2, -0.15) is 0 Å². The first kappa shape index (κ1) is 24.8. The average Bonchev–Trinajstić information content (AvgIpc) is 2.85. The van der Waals surface area contributed by atoms with Crippen molar-refractivity contribution >= 4 is 35.1 Å². The maximum Gasteiger partial charge on any atom is 0.319 e. The van der Waals surface area contributed by atoms with Crippen LogP contribution in [0.3, 0.4) is 0 Å². The molecule has 0 unspecified atom stereocenters. The van der Waals surface area contributed by atoms with Gasteiger partial charge in [-0.3, -0.25) is 4.79 Å². The van der Waals surface area contributed by atoms with Crippen LogP contribution in [0.5, 0.6) is 0 Å². The second-order valence-electron chi connectivity index (χ2n) is 8.89. The Labute approximate surface area is 211 Å². The summed E-state index contributed by atoms with van der Waals surface area (Å²) in [6.45, 7) is 4.93. The number of benzene rings is 3. The molecule has 0 saturated heterocycles. The van der Waals surface area contributed by atoms with Crippen LogP contribution in [0.4, 0.5) is 16.2 Å². The number of anilines is 2. The van der Waals surface area contributed by atoms with Crippen LogP contribution in [-0.4, -0.2) is 42.7 Å². The predicted octanol–water partition coefficient (Wildman–Crippen LogP) is 5.28. The Morgan fingerprint density at radius 3 is 2.57 bits per heavy atom. The van der Waals surface area contributed by atoms with E-state index in [4.69, 9.17) is 0 Å². The van der Waals surface area contributed by atoms with Gasteiger partial charge < -0.3 is 20.4 Å². The number of hydrogen-bond donors (Lipinski definition) is 2. The van der Waals surface area contributed by atoms with E-state index in [1.807, 2.05) is 48.2 Å². The summed E-state index contributed by atoms with van der Waals surface area (Å²) in [5.41, 5.74) is 5.06. The Bertz CT molecular complexity index is 1150. The van der Waals surface area contributed by atoms with Crippen molar-refractivity contribution < 1.29 is 9.59 Å². The Morgan fingerprint density at radius 1 is 1.03 bits per heavy atom. The first-order valence-corrected chi connectivity index (χ1v) is 12.9. The molecule has 1 aliphatic rings. The van der Waals surface area contributed by atoms with Gasteiger partial charge in [0.05, 0.1) is 18.0 Å². The van der Waals surface area contributed by atoms with Gasteiger partial charge in [-0.1, -0.05) is 60.2 Å². The number of nitrogens with zero attached hydrogens (tertiary/aromatic N) is 2. The molecule has 0 spiro atoms. The van der Waals surface area contributed by atoms with Crippen molar-refractivity contribution in [3.63, 3.8) is 0 Å². The van der Waals surface area contributed by atoms with Crippen molar-refractivity contribution in [1.29, 1.82) is 0 Å². The van der Waals surface area contributed by atoms with Gasteiger partial charge in [-0.25, -0.2) is 4.79 Å². The van der Waals surface area contributed by atoms with E-state index in [0.717, 1.165) is 35.7 Å². The number of thioether (sulfide) groups is 1. The first-order valence-electron chi connectivity index (χ1n) is 11.9. The summed E-state index contributed by atoms with van der Waals surface area (Å²) in [5, 5.41) is 5.85. The second-order valence-corrected chi connectivity index (χ2v) is 9.91. The lowest BCUT2D eigenvalue weighted by atomic mass is 10.1. The number of fused-ring (bicyclic) bond motifs is 1. The zero-order valence-corrected chi connectivity index (χ0v) is 21.1. The van der Waals surface area contributed by atoms with Crippen LogP contribution in [0.1, 0.15) is 23.1 Å². The third-order valence-corrected chi connectivity index (χ3v) is 6.97. The molecule has 0 radical (unpaired) electrons. The molecule has 7 heteroatoms. The molecule has 0 saturated carbocycles. The molecule has 6 nitrogen and oxygen atoms in total. The fourth-order valence-electron chi connectivity index (χ4n) is 4.03. The van der Waals surface area contributed by atoms with Crippen LogP contribution in [0, 0.1) is 6.92 Å². The molecule has 3 aromatic carbocycles. The monoisotopic (exact) mass is 488 g/mol. The zero-order valence-electron chi connectivity index (χ0n) is 20.3. The Morgan fingerprint density at radius 2 is 1.80 bits per heavy atom. The fourth-order valence-corrected chi connectivity index (χ4v) is 4.95. The molecule has 2 N–H and O–H groups in total. The quantitative estimate of drug-likeness (QED) is 0.403. The van der Waals surface area contributed by atoms with Crippen LogP contribution in [-0.2, 0) is 17.9 Å². The smallest absolute Gasteiger partial charge is 0.319 e. The van der Waals surface area contributed by atoms with Gasteiger partial charge in [0.15, 0.2) is 0 Å². The summed E-state index contributed by atoms with van der Waals surface area (Å²) in [7, 11) is 2.09. The van der Waals surface area contributed by atoms with E-state index in [1.165, 1.54) is 22.9 Å². The molecule has 35 heavy (non-hydrogen) atoms. The number of nitrogens with one attached hydrogen (secondary N) is 2. The summed E-state index contributed by atoms with van der Waals surface area (Å²) in [6.07, 6.45) is 0.858. The van der Waals surface area contributed by atoms with Gasteiger partial charge in [-0.05, 0) is 56.3 Å². The van der Waals surface area contributed by atoms with Crippen molar-refractivity contribution in [3.8, 4) is 0 Å². The average molecular weight is 489 g/mol. The predicted molar refractivity (Wildman–Crippen MR) is 144 cm³/mol. The SMILES string of the molecule is Cc1ccc(CN2C(=O)CSc3ccc(NC(=O)NCCCN(C)Cc4ccccc4)cc32)cc1. The van der Waals surface area contributed by atoms with E-state index >= 15 is 0 Å². The molecular formula is C28H32N4O2S. The standard InChI is InChI=1S/C28H32N4O2S/c1-21-9-11-23(12-10-21)19-32-25-17-24(13-14-26(25)35-20-27(32)33)30-28(34)29-15-6-16-31(2)18-22-7-4-3-5-8-22/h3-5,7-14,17H,6,15-16,18-20H2,1-2H3,(H2,29,30,34). The summed E-state index contributed by atoms with van der Waals surface area (Å²) < 4.78 is 0. The molecule has 3 aromatic rings. The molecule has 0 bridgehead atoms. The van der Waals surface area contributed by atoms with E-state index in [9.17, 15) is 9.59 Å². The second kappa shape index (κ2) is 11.9. The largest absolute Gasteiger partial charge is 0.338 e. The highest BCUT2D eigenvalue weighted by Crippen LogP contribution is 2.38. The van der Waals surface area contributed by atoms with E-state index in [-0.39, 0.29) is 11.9 Å². The molecule has 0 aromatic heterocycles. The van der Waals surface area contributed by atoms with Gasteiger partial charge in [0.1, 0.15) is 0 Å². The third-order valence-electron chi connectivity index (χ3n) is 5.92. The molecule has 1 aliphatic heterocycles. The normalized spacial score (nSPS) is 13.0. The lowest BCUT2D eigenvalue weighted by Crippen LogP contribution is -2.35. The van der Waals surface area contributed by atoms with Gasteiger partial charge >= 0.3 is 6.03 Å². The molecule has 4 rings (SSSR count). The third kappa shape index (κ3) is 7.10. The highest BCUT2D eigenvalue weighted by molar-refractivity contribution is 8.00. The van der Waals surface area contributed by atoms with Crippen LogP contribution >= 0.6 is 11.8 Å². The molecule has 182 valence electrons. The summed E-state index contributed by atoms with van der Waals surface area (Å²) in [6, 6.07) is 24.1. The minimum absolute atomic E-state index is 0.0734. The van der Waals surface area contributed by atoms with Gasteiger partial charge in [0.25, 0.3) is 0 Å². The minimum Gasteiger partial charge on any atom is -0.338 e. The summed E-state index contributed by atoms with van der Waals surface area (Å²) in [4.78, 5) is 30.3. The van der Waals surface area contributed by atoms with E-state index in [2.05, 4.69) is 59.0 Å². The van der Waals surface area contributed by atoms with Crippen LogP contribution in [0.2, 0.25) is 0 Å². The van der Waals surface area contributed by atoms with Crippen LogP contribution in [0.15, 0.2) is 77.7 Å². The van der Waals surface area contributed by atoms with Gasteiger partial charge in [0.2, 0.25) is 5.91 Å². The van der Waals surface area contributed by atoms with E-state index < -0.39 is 0 Å². The van der Waals surface area contributed by atoms with E-state index in [0.29, 0.717) is 24.5 Å². The van der Waals surface area contributed by atoms with E-state index in [1.54, 1.807) is 0 Å². The Hall–Kier alpha value is -3.29. The molecule has 0 atom stereocenters. The van der Waals surface area contributed by atoms with Crippen LogP contribution < -0.4 is 15.5 Å². The highest BCUT2D eigenvalue weighted by atomic mass is 32.2. The molecule has 0 aliphatic carbocycles. The minimum atomic E-state index is -0.240. The molecule has 3 amide bonds. The Balaban J connectivity index is 1.29. The van der Waals surface area contributed by atoms with Gasteiger partial charge in [0, 0.05) is 23.7 Å². The maximum absolute atomic E-state index is 12.7. The molecule has 1 heterocycles. The number of aryl methyl sites for hydroxylation is 1. The fraction of sp³-hybridized carbons (Fsp3) is 0.286. The zero-order chi connectivity index (χ0) is 24.6. The Kier molecular flexibility index (Phi) is 8.45. The van der Waals surface area contributed by atoms with Crippen molar-refractivity contribution in [2.75, 3.05) is 36.1 Å². The number of amides is 3. The number of urea groups is 1. The highest BCUT2D eigenvalue weighted by Gasteiger charge is 2.25. The number of carbonyl (C=O) groups is 2. The number of carbonyl (C=O) groups excluding carboxylic acids is 2. The van der Waals surface area contributed by atoms with Crippen molar-refractivity contribution in [2.45, 2.75) is 31.3 Å². The lowest BCUT2D eigenvalue weighted by molar-refractivity contribution is -0.116. The summed E-state index contributed by atoms with van der Waals surface area (Å²) in [5.74, 6) is 0.495. The topological polar surface area (TPSA) is 64.7 Å². The van der Waals surface area contributed by atoms with Gasteiger partial charge in [-0.15, -0.1) is 11.8 Å².